The predicted molar refractivity (Wildman–Crippen MR) is 90.0 cm³/mol. The summed E-state index contributed by atoms with van der Waals surface area (Å²) in [6.07, 6.45) is 0. The van der Waals surface area contributed by atoms with Crippen LogP contribution in [0.3, 0.4) is 0 Å². The lowest BCUT2D eigenvalue weighted by Crippen LogP contribution is -2.21. The molecule has 0 bridgehead atoms. The molecule has 0 fully saturated rings. The lowest BCUT2D eigenvalue weighted by Gasteiger charge is -2.11. The molecular weight excluding hydrogens is 372 g/mol. The number of carbonyl (C=O) groups excluding carboxylic acids is 2. The van der Waals surface area contributed by atoms with Gasteiger partial charge in [0.05, 0.1) is 12.7 Å². The first-order valence-corrected chi connectivity index (χ1v) is 7.62. The van der Waals surface area contributed by atoms with Crippen LogP contribution in [0.15, 0.2) is 42.5 Å². The highest BCUT2D eigenvalue weighted by molar-refractivity contribution is 6.30. The van der Waals surface area contributed by atoms with E-state index in [1.165, 1.54) is 25.3 Å². The summed E-state index contributed by atoms with van der Waals surface area (Å²) in [5, 5.41) is 2.96. The van der Waals surface area contributed by atoms with Crippen molar-refractivity contribution in [3.63, 3.8) is 0 Å². The monoisotopic (exact) mass is 385 g/mol. The number of benzene rings is 2. The predicted octanol–water partition coefficient (Wildman–Crippen LogP) is 3.75. The molecular formula is C17H14ClF2NO5. The van der Waals surface area contributed by atoms with Crippen LogP contribution in [0, 0.1) is 0 Å². The normalized spacial score (nSPS) is 10.3. The van der Waals surface area contributed by atoms with E-state index in [2.05, 4.69) is 10.1 Å². The minimum absolute atomic E-state index is 0.0130. The van der Waals surface area contributed by atoms with Crippen molar-refractivity contribution in [2.45, 2.75) is 6.61 Å². The zero-order valence-electron chi connectivity index (χ0n) is 13.5. The van der Waals surface area contributed by atoms with Crippen LogP contribution in [-0.4, -0.2) is 32.2 Å². The Bertz CT molecular complexity index is 800. The van der Waals surface area contributed by atoms with E-state index in [0.29, 0.717) is 10.7 Å². The molecule has 0 radical (unpaired) electrons. The summed E-state index contributed by atoms with van der Waals surface area (Å²) in [5.74, 6) is -1.68. The third-order valence-electron chi connectivity index (χ3n) is 3.06. The summed E-state index contributed by atoms with van der Waals surface area (Å²) < 4.78 is 38.6. The Balaban J connectivity index is 1.95. The van der Waals surface area contributed by atoms with Crippen molar-refractivity contribution in [2.75, 3.05) is 19.0 Å². The molecule has 1 amide bonds. The van der Waals surface area contributed by atoms with Gasteiger partial charge in [0.15, 0.2) is 18.1 Å². The van der Waals surface area contributed by atoms with Crippen LogP contribution in [0.1, 0.15) is 10.4 Å². The van der Waals surface area contributed by atoms with Gasteiger partial charge in [-0.05, 0) is 36.4 Å². The maximum Gasteiger partial charge on any atom is 0.387 e. The molecule has 6 nitrogen and oxygen atoms in total. The number of anilines is 1. The minimum atomic E-state index is -3.03. The summed E-state index contributed by atoms with van der Waals surface area (Å²) >= 11 is 5.80. The second kappa shape index (κ2) is 9.00. The number of halogens is 3. The molecule has 2 aromatic rings. The van der Waals surface area contributed by atoms with Crippen molar-refractivity contribution in [2.24, 2.45) is 0 Å². The largest absolute Gasteiger partial charge is 0.493 e. The molecule has 2 rings (SSSR count). The van der Waals surface area contributed by atoms with E-state index < -0.39 is 25.1 Å². The number of carbonyl (C=O) groups is 2. The van der Waals surface area contributed by atoms with Crippen molar-refractivity contribution >= 4 is 29.2 Å². The fourth-order valence-electron chi connectivity index (χ4n) is 1.97. The number of methoxy groups -OCH3 is 1. The molecule has 0 saturated heterocycles. The van der Waals surface area contributed by atoms with Gasteiger partial charge in [0, 0.05) is 10.7 Å². The smallest absolute Gasteiger partial charge is 0.387 e. The van der Waals surface area contributed by atoms with Crippen molar-refractivity contribution in [1.82, 2.24) is 0 Å². The van der Waals surface area contributed by atoms with Gasteiger partial charge in [0.1, 0.15) is 0 Å². The maximum absolute atomic E-state index is 12.3. The molecule has 0 aliphatic carbocycles. The van der Waals surface area contributed by atoms with Crippen LogP contribution in [-0.2, 0) is 9.53 Å². The number of esters is 1. The third-order valence-corrected chi connectivity index (χ3v) is 3.29. The first-order valence-electron chi connectivity index (χ1n) is 7.24. The fourth-order valence-corrected chi connectivity index (χ4v) is 2.16. The highest BCUT2D eigenvalue weighted by atomic mass is 35.5. The number of amides is 1. The number of ether oxygens (including phenoxy) is 3. The van der Waals surface area contributed by atoms with Gasteiger partial charge in [-0.15, -0.1) is 0 Å². The molecule has 0 spiro atoms. The zero-order valence-corrected chi connectivity index (χ0v) is 14.3. The molecule has 1 N–H and O–H groups in total. The number of alkyl halides is 2. The topological polar surface area (TPSA) is 73.9 Å². The van der Waals surface area contributed by atoms with Crippen LogP contribution >= 0.6 is 11.6 Å². The van der Waals surface area contributed by atoms with E-state index in [-0.39, 0.29) is 17.1 Å². The van der Waals surface area contributed by atoms with E-state index in [0.717, 1.165) is 6.07 Å². The molecule has 2 aromatic carbocycles. The molecule has 9 heteroatoms. The van der Waals surface area contributed by atoms with Crippen molar-refractivity contribution in [1.29, 1.82) is 0 Å². The quantitative estimate of drug-likeness (QED) is 0.735. The Morgan fingerprint density at radius 2 is 1.92 bits per heavy atom. The van der Waals surface area contributed by atoms with Gasteiger partial charge in [-0.25, -0.2) is 4.79 Å². The fraction of sp³-hybridized carbons (Fsp3) is 0.176. The van der Waals surface area contributed by atoms with Crippen LogP contribution in [0.4, 0.5) is 14.5 Å². The number of hydrogen-bond donors (Lipinski definition) is 1. The molecule has 0 aromatic heterocycles. The second-order valence-corrected chi connectivity index (χ2v) is 5.32. The highest BCUT2D eigenvalue weighted by Gasteiger charge is 2.16. The van der Waals surface area contributed by atoms with Gasteiger partial charge < -0.3 is 19.5 Å². The number of hydrogen-bond acceptors (Lipinski definition) is 5. The average Bonchev–Trinajstić information content (AvgIpc) is 2.59. The van der Waals surface area contributed by atoms with Gasteiger partial charge in [-0.1, -0.05) is 17.7 Å². The molecule has 138 valence electrons. The lowest BCUT2D eigenvalue weighted by atomic mass is 10.2. The average molecular weight is 386 g/mol. The Hall–Kier alpha value is -2.87. The number of nitrogens with one attached hydrogen (secondary N) is 1. The summed E-state index contributed by atoms with van der Waals surface area (Å²) in [6.45, 7) is -3.57. The summed E-state index contributed by atoms with van der Waals surface area (Å²) in [5.41, 5.74) is 0.466. The minimum Gasteiger partial charge on any atom is -0.493 e. The standard InChI is InChI=1S/C17H14ClF2NO5/c1-24-14-7-10(5-6-13(14)26-17(19)20)16(23)25-9-15(22)21-12-4-2-3-11(18)8-12/h2-8,17H,9H2,1H3,(H,21,22). The molecule has 0 aliphatic heterocycles. The third kappa shape index (κ3) is 5.59. The molecule has 26 heavy (non-hydrogen) atoms. The molecule has 0 atom stereocenters. The van der Waals surface area contributed by atoms with Gasteiger partial charge in [-0.3, -0.25) is 4.79 Å². The first-order chi connectivity index (χ1) is 12.4. The van der Waals surface area contributed by atoms with E-state index in [1.54, 1.807) is 18.2 Å². The van der Waals surface area contributed by atoms with Crippen LogP contribution < -0.4 is 14.8 Å². The van der Waals surface area contributed by atoms with Gasteiger partial charge >= 0.3 is 12.6 Å². The van der Waals surface area contributed by atoms with Crippen molar-refractivity contribution in [3.8, 4) is 11.5 Å². The second-order valence-electron chi connectivity index (χ2n) is 4.88. The molecule has 0 heterocycles. The SMILES string of the molecule is COc1cc(C(=O)OCC(=O)Nc2cccc(Cl)c2)ccc1OC(F)F. The molecule has 0 unspecified atom stereocenters. The Labute approximate surface area is 152 Å². The van der Waals surface area contributed by atoms with E-state index >= 15 is 0 Å². The van der Waals surface area contributed by atoms with Crippen LogP contribution in [0.25, 0.3) is 0 Å². The van der Waals surface area contributed by atoms with Gasteiger partial charge in [0.2, 0.25) is 0 Å². The first kappa shape index (κ1) is 19.5. The van der Waals surface area contributed by atoms with Gasteiger partial charge in [-0.2, -0.15) is 8.78 Å². The lowest BCUT2D eigenvalue weighted by molar-refractivity contribution is -0.119. The van der Waals surface area contributed by atoms with Gasteiger partial charge in [0.25, 0.3) is 5.91 Å². The van der Waals surface area contributed by atoms with E-state index in [1.807, 2.05) is 0 Å². The number of rotatable bonds is 7. The maximum atomic E-state index is 12.3. The van der Waals surface area contributed by atoms with Crippen molar-refractivity contribution in [3.05, 3.63) is 53.1 Å². The Morgan fingerprint density at radius 3 is 2.58 bits per heavy atom. The molecule has 0 saturated carbocycles. The summed E-state index contributed by atoms with van der Waals surface area (Å²) in [7, 11) is 1.24. The van der Waals surface area contributed by atoms with E-state index in [4.69, 9.17) is 21.1 Å². The van der Waals surface area contributed by atoms with E-state index in [9.17, 15) is 18.4 Å². The van der Waals surface area contributed by atoms with Crippen molar-refractivity contribution < 1.29 is 32.6 Å². The van der Waals surface area contributed by atoms with Crippen LogP contribution in [0.2, 0.25) is 5.02 Å². The van der Waals surface area contributed by atoms with Crippen LogP contribution in [0.5, 0.6) is 11.5 Å². The summed E-state index contributed by atoms with van der Waals surface area (Å²) in [4.78, 5) is 23.8. The zero-order chi connectivity index (χ0) is 19.1. The summed E-state index contributed by atoms with van der Waals surface area (Å²) in [6, 6.07) is 10.00. The molecule has 0 aliphatic rings. The Morgan fingerprint density at radius 1 is 1.15 bits per heavy atom. The Kier molecular flexibility index (Phi) is 6.74. The highest BCUT2D eigenvalue weighted by Crippen LogP contribution is 2.29.